The van der Waals surface area contributed by atoms with Gasteiger partial charge < -0.3 is 10.3 Å². The van der Waals surface area contributed by atoms with Gasteiger partial charge in [-0.05, 0) is 62.4 Å². The third-order valence-corrected chi connectivity index (χ3v) is 8.66. The number of carbonyl (C=O) groups is 1. The van der Waals surface area contributed by atoms with Crippen LogP contribution in [0.4, 0.5) is 5.13 Å². The second-order valence-corrected chi connectivity index (χ2v) is 10.9. The molecule has 0 bridgehead atoms. The number of hydrogen-bond acceptors (Lipinski definition) is 7. The Bertz CT molecular complexity index is 1440. The van der Waals surface area contributed by atoms with Gasteiger partial charge in [0.05, 0.1) is 15.1 Å². The van der Waals surface area contributed by atoms with Gasteiger partial charge in [-0.25, -0.2) is 13.4 Å². The molecule has 0 unspecified atom stereocenters. The average Bonchev–Trinajstić information content (AvgIpc) is 3.43. The molecule has 2 N–H and O–H groups in total. The molecule has 11 heteroatoms. The molecule has 4 rings (SSSR count). The predicted molar refractivity (Wildman–Crippen MR) is 126 cm³/mol. The normalized spacial score (nSPS) is 14.5. The molecular weight excluding hydrogens is 462 g/mol. The van der Waals surface area contributed by atoms with Gasteiger partial charge in [-0.15, -0.1) is 0 Å². The van der Waals surface area contributed by atoms with Crippen LogP contribution < -0.4 is 10.9 Å². The highest BCUT2D eigenvalue weighted by Crippen LogP contribution is 2.30. The molecule has 1 aliphatic rings. The van der Waals surface area contributed by atoms with E-state index in [2.05, 4.69) is 15.3 Å². The number of aromatic amines is 1. The van der Waals surface area contributed by atoms with Gasteiger partial charge >= 0.3 is 0 Å². The molecule has 1 aromatic carbocycles. The molecule has 33 heavy (non-hydrogen) atoms. The Morgan fingerprint density at radius 2 is 2.03 bits per heavy atom. The van der Waals surface area contributed by atoms with Crippen LogP contribution in [0, 0.1) is 25.2 Å². The number of nitriles is 1. The summed E-state index contributed by atoms with van der Waals surface area (Å²) in [5, 5.41) is 12.3. The molecule has 0 aliphatic carbocycles. The van der Waals surface area contributed by atoms with Crippen molar-refractivity contribution < 1.29 is 13.2 Å². The zero-order valence-electron chi connectivity index (χ0n) is 18.3. The molecule has 0 spiro atoms. The van der Waals surface area contributed by atoms with Crippen molar-refractivity contribution in [3.05, 3.63) is 50.9 Å². The van der Waals surface area contributed by atoms with Crippen molar-refractivity contribution >= 4 is 42.6 Å². The quantitative estimate of drug-likeness (QED) is 0.551. The van der Waals surface area contributed by atoms with E-state index in [1.54, 1.807) is 32.0 Å². The minimum absolute atomic E-state index is 0.0573. The van der Waals surface area contributed by atoms with E-state index in [0.717, 1.165) is 18.4 Å². The summed E-state index contributed by atoms with van der Waals surface area (Å²) in [5.74, 6) is -0.262. The van der Waals surface area contributed by atoms with Crippen LogP contribution in [0.3, 0.4) is 0 Å². The van der Waals surface area contributed by atoms with Crippen LogP contribution in [-0.2, 0) is 21.2 Å². The first-order valence-corrected chi connectivity index (χ1v) is 12.8. The molecule has 3 aromatic rings. The van der Waals surface area contributed by atoms with Gasteiger partial charge in [-0.2, -0.15) is 9.57 Å². The maximum absolute atomic E-state index is 12.8. The van der Waals surface area contributed by atoms with E-state index in [0.29, 0.717) is 46.1 Å². The van der Waals surface area contributed by atoms with Crippen LogP contribution in [0.5, 0.6) is 0 Å². The number of anilines is 1. The van der Waals surface area contributed by atoms with Gasteiger partial charge in [0.2, 0.25) is 15.9 Å². The fourth-order valence-electron chi connectivity index (χ4n) is 4.04. The molecule has 2 aromatic heterocycles. The summed E-state index contributed by atoms with van der Waals surface area (Å²) in [6.45, 7) is 4.52. The number of hydrogen-bond donors (Lipinski definition) is 2. The van der Waals surface area contributed by atoms with Crippen LogP contribution in [0.1, 0.15) is 41.6 Å². The number of amides is 1. The number of fused-ring (bicyclic) bond motifs is 1. The average molecular weight is 486 g/mol. The highest BCUT2D eigenvalue weighted by atomic mass is 32.2. The Labute approximate surface area is 195 Å². The standard InChI is InChI=1S/C22H23N5O4S2/c1-13-16(14(2)24-21(29)17(13)12-23)6-8-20(28)26-22-25-18-7-5-15(11-19(18)32-22)33(30,31)27-9-3-4-10-27/h5,7,11H,3-4,6,8-10H2,1-2H3,(H,24,29)(H,25,26,28). The number of thiazole rings is 1. The number of nitrogens with zero attached hydrogens (tertiary/aromatic N) is 3. The molecule has 1 saturated heterocycles. The lowest BCUT2D eigenvalue weighted by atomic mass is 9.99. The van der Waals surface area contributed by atoms with Crippen LogP contribution in [-0.4, -0.2) is 41.7 Å². The molecule has 1 fully saturated rings. The van der Waals surface area contributed by atoms with Gasteiger partial charge in [0.1, 0.15) is 11.6 Å². The summed E-state index contributed by atoms with van der Waals surface area (Å²) in [6, 6.07) is 6.72. The minimum Gasteiger partial charge on any atom is -0.325 e. The summed E-state index contributed by atoms with van der Waals surface area (Å²) >= 11 is 1.22. The third kappa shape index (κ3) is 4.55. The molecule has 172 valence electrons. The van der Waals surface area contributed by atoms with Crippen molar-refractivity contribution in [1.82, 2.24) is 14.3 Å². The van der Waals surface area contributed by atoms with Crippen molar-refractivity contribution in [3.63, 3.8) is 0 Å². The van der Waals surface area contributed by atoms with Gasteiger partial charge in [0.15, 0.2) is 5.13 Å². The largest absolute Gasteiger partial charge is 0.325 e. The summed E-state index contributed by atoms with van der Waals surface area (Å²) in [6.07, 6.45) is 2.24. The number of sulfonamides is 1. The fourth-order valence-corrected chi connectivity index (χ4v) is 6.58. The minimum atomic E-state index is -3.52. The number of H-pyrrole nitrogens is 1. The number of aryl methyl sites for hydroxylation is 1. The highest BCUT2D eigenvalue weighted by Gasteiger charge is 2.27. The Balaban J connectivity index is 1.48. The van der Waals surface area contributed by atoms with Crippen LogP contribution in [0.2, 0.25) is 0 Å². The smallest absolute Gasteiger partial charge is 0.266 e. The number of carbonyl (C=O) groups excluding carboxylic acids is 1. The second-order valence-electron chi connectivity index (χ2n) is 7.98. The molecule has 1 aliphatic heterocycles. The summed E-state index contributed by atoms with van der Waals surface area (Å²) in [5.41, 5.74) is 2.22. The maximum Gasteiger partial charge on any atom is 0.266 e. The topological polar surface area (TPSA) is 136 Å². The number of benzene rings is 1. The molecule has 0 atom stereocenters. The first-order chi connectivity index (χ1) is 15.7. The lowest BCUT2D eigenvalue weighted by molar-refractivity contribution is -0.116. The van der Waals surface area contributed by atoms with E-state index < -0.39 is 15.6 Å². The molecule has 3 heterocycles. The van der Waals surface area contributed by atoms with E-state index >= 15 is 0 Å². The summed E-state index contributed by atoms with van der Waals surface area (Å²) in [4.78, 5) is 31.7. The number of rotatable bonds is 6. The predicted octanol–water partition coefficient (Wildman–Crippen LogP) is 2.83. The van der Waals surface area contributed by atoms with Gasteiger partial charge in [0.25, 0.3) is 5.56 Å². The Morgan fingerprint density at radius 3 is 2.73 bits per heavy atom. The van der Waals surface area contributed by atoms with Gasteiger partial charge in [0, 0.05) is 25.2 Å². The van der Waals surface area contributed by atoms with Crippen LogP contribution in [0.25, 0.3) is 10.2 Å². The summed E-state index contributed by atoms with van der Waals surface area (Å²) < 4.78 is 27.8. The Kier molecular flexibility index (Phi) is 6.34. The molecule has 9 nitrogen and oxygen atoms in total. The van der Waals surface area contributed by atoms with Crippen molar-refractivity contribution in [2.45, 2.75) is 44.4 Å². The number of aromatic nitrogens is 2. The lowest BCUT2D eigenvalue weighted by Crippen LogP contribution is -2.27. The monoisotopic (exact) mass is 485 g/mol. The molecular formula is C22H23N5O4S2. The van der Waals surface area contributed by atoms with Crippen molar-refractivity contribution in [2.75, 3.05) is 18.4 Å². The second kappa shape index (κ2) is 9.05. The van der Waals surface area contributed by atoms with E-state index in [-0.39, 0.29) is 22.8 Å². The van der Waals surface area contributed by atoms with Gasteiger partial charge in [-0.1, -0.05) is 11.3 Å². The van der Waals surface area contributed by atoms with E-state index in [1.165, 1.54) is 15.6 Å². The van der Waals surface area contributed by atoms with Crippen molar-refractivity contribution in [2.24, 2.45) is 0 Å². The van der Waals surface area contributed by atoms with Crippen LogP contribution in [0.15, 0.2) is 27.9 Å². The van der Waals surface area contributed by atoms with Crippen molar-refractivity contribution in [3.8, 4) is 6.07 Å². The van der Waals surface area contributed by atoms with E-state index in [1.807, 2.05) is 6.07 Å². The third-order valence-electron chi connectivity index (χ3n) is 5.83. The maximum atomic E-state index is 12.8. The van der Waals surface area contributed by atoms with E-state index in [9.17, 15) is 23.3 Å². The zero-order valence-corrected chi connectivity index (χ0v) is 19.9. The SMILES string of the molecule is Cc1[nH]c(=O)c(C#N)c(C)c1CCC(=O)Nc1nc2ccc(S(=O)(=O)N3CCCC3)cc2s1. The number of nitrogens with one attached hydrogen (secondary N) is 2. The van der Waals surface area contributed by atoms with Gasteiger partial charge in [-0.3, -0.25) is 9.59 Å². The highest BCUT2D eigenvalue weighted by molar-refractivity contribution is 7.89. The number of pyridine rings is 1. The molecule has 0 radical (unpaired) electrons. The zero-order chi connectivity index (χ0) is 23.8. The van der Waals surface area contributed by atoms with Crippen LogP contribution >= 0.6 is 11.3 Å². The fraction of sp³-hybridized carbons (Fsp3) is 0.364. The first kappa shape index (κ1) is 23.1. The first-order valence-electron chi connectivity index (χ1n) is 10.5. The lowest BCUT2D eigenvalue weighted by Gasteiger charge is -2.15. The Hall–Kier alpha value is -3.07. The summed E-state index contributed by atoms with van der Waals surface area (Å²) in [7, 11) is -3.52. The molecule has 0 saturated carbocycles. The Morgan fingerprint density at radius 1 is 1.30 bits per heavy atom. The molecule has 1 amide bonds. The van der Waals surface area contributed by atoms with Crippen molar-refractivity contribution in [1.29, 1.82) is 5.26 Å². The van der Waals surface area contributed by atoms with E-state index in [4.69, 9.17) is 0 Å².